The average molecular weight is 427 g/mol. The number of hydrogen-bond donors (Lipinski definition) is 3. The Hall–Kier alpha value is -1.99. The van der Waals surface area contributed by atoms with Gasteiger partial charge in [0.15, 0.2) is 5.96 Å². The van der Waals surface area contributed by atoms with Crippen LogP contribution in [0.25, 0.3) is 0 Å². The molecule has 1 amide bonds. The van der Waals surface area contributed by atoms with Crippen molar-refractivity contribution in [2.45, 2.75) is 91.8 Å². The Morgan fingerprint density at radius 2 is 1.73 bits per heavy atom. The summed E-state index contributed by atoms with van der Waals surface area (Å²) in [6.07, 6.45) is 3.02. The highest BCUT2D eigenvalue weighted by Gasteiger charge is 2.28. The summed E-state index contributed by atoms with van der Waals surface area (Å²) in [5, 5.41) is 9.68. The first kappa shape index (κ1) is 26.0. The first-order chi connectivity index (χ1) is 14.1. The molecule has 0 saturated heterocycles. The maximum Gasteiger partial charge on any atom is 0.407 e. The Balaban J connectivity index is 2.63. The smallest absolute Gasteiger partial charge is 0.407 e. The summed E-state index contributed by atoms with van der Waals surface area (Å²) in [6, 6.07) is 0.139. The van der Waals surface area contributed by atoms with Crippen molar-refractivity contribution in [3.05, 3.63) is 0 Å². The molecule has 1 fully saturated rings. The van der Waals surface area contributed by atoms with Crippen molar-refractivity contribution >= 4 is 18.0 Å². The highest BCUT2D eigenvalue weighted by atomic mass is 16.6. The molecule has 0 bridgehead atoms. The van der Waals surface area contributed by atoms with E-state index in [4.69, 9.17) is 14.5 Å². The normalized spacial score (nSPS) is 21.0. The van der Waals surface area contributed by atoms with Gasteiger partial charge in [-0.25, -0.2) is 4.79 Å². The van der Waals surface area contributed by atoms with Crippen molar-refractivity contribution in [2.75, 3.05) is 19.7 Å². The number of carbonyl (C=O) groups is 2. The van der Waals surface area contributed by atoms with Crippen molar-refractivity contribution in [3.8, 4) is 0 Å². The average Bonchev–Trinajstić information content (AvgIpc) is 2.64. The molecule has 0 aromatic rings. The van der Waals surface area contributed by atoms with E-state index in [2.05, 4.69) is 29.8 Å². The zero-order valence-corrected chi connectivity index (χ0v) is 19.8. The second kappa shape index (κ2) is 12.6. The molecule has 0 radical (unpaired) electrons. The summed E-state index contributed by atoms with van der Waals surface area (Å²) in [7, 11) is 0. The van der Waals surface area contributed by atoms with Crippen LogP contribution < -0.4 is 16.0 Å². The van der Waals surface area contributed by atoms with Crippen LogP contribution in [0.5, 0.6) is 0 Å². The molecule has 30 heavy (non-hydrogen) atoms. The first-order valence-corrected chi connectivity index (χ1v) is 11.3. The summed E-state index contributed by atoms with van der Waals surface area (Å²) in [5.74, 6) is 0.869. The summed E-state index contributed by atoms with van der Waals surface area (Å²) in [4.78, 5) is 28.8. The van der Waals surface area contributed by atoms with Gasteiger partial charge in [0, 0.05) is 12.6 Å². The van der Waals surface area contributed by atoms with Crippen LogP contribution in [-0.2, 0) is 14.3 Å². The second-order valence-electron chi connectivity index (χ2n) is 9.16. The van der Waals surface area contributed by atoms with Gasteiger partial charge in [0.25, 0.3) is 0 Å². The lowest BCUT2D eigenvalue weighted by Gasteiger charge is -2.29. The molecule has 1 aliphatic carbocycles. The second-order valence-corrected chi connectivity index (χ2v) is 9.16. The topological polar surface area (TPSA) is 101 Å². The monoisotopic (exact) mass is 426 g/mol. The van der Waals surface area contributed by atoms with Gasteiger partial charge in [-0.2, -0.15) is 0 Å². The van der Waals surface area contributed by atoms with Crippen molar-refractivity contribution < 1.29 is 19.1 Å². The van der Waals surface area contributed by atoms with Crippen molar-refractivity contribution in [3.63, 3.8) is 0 Å². The van der Waals surface area contributed by atoms with Gasteiger partial charge in [0.2, 0.25) is 0 Å². The quantitative estimate of drug-likeness (QED) is 0.313. The Labute approximate surface area is 181 Å². The minimum atomic E-state index is -0.534. The molecule has 0 aromatic heterocycles. The minimum absolute atomic E-state index is 0.00544. The number of esters is 1. The number of alkyl carbamates (subject to hydrolysis) is 1. The van der Waals surface area contributed by atoms with Crippen LogP contribution in [0.4, 0.5) is 4.79 Å². The summed E-state index contributed by atoms with van der Waals surface area (Å²) in [5.41, 5.74) is -0.534. The fourth-order valence-electron chi connectivity index (χ4n) is 3.32. The Kier molecular flexibility index (Phi) is 11.0. The van der Waals surface area contributed by atoms with Crippen LogP contribution >= 0.6 is 0 Å². The van der Waals surface area contributed by atoms with E-state index in [0.717, 1.165) is 38.2 Å². The van der Waals surface area contributed by atoms with Crippen LogP contribution in [-0.4, -0.2) is 55.4 Å². The van der Waals surface area contributed by atoms with Crippen molar-refractivity contribution in [2.24, 2.45) is 16.8 Å². The van der Waals surface area contributed by atoms with Crippen LogP contribution in [0.1, 0.15) is 74.1 Å². The third kappa shape index (κ3) is 10.2. The number of rotatable bonds is 8. The number of amides is 1. The van der Waals surface area contributed by atoms with E-state index in [0.29, 0.717) is 13.2 Å². The SMILES string of the molecule is CCNC(=NCC(NC(=O)OC(C)(C)C)C(C)C)NC1CCC(C(=O)OCC)CC1. The van der Waals surface area contributed by atoms with E-state index in [-0.39, 0.29) is 29.9 Å². The fourth-order valence-corrected chi connectivity index (χ4v) is 3.32. The van der Waals surface area contributed by atoms with Crippen molar-refractivity contribution in [1.82, 2.24) is 16.0 Å². The molecule has 8 nitrogen and oxygen atoms in total. The summed E-state index contributed by atoms with van der Waals surface area (Å²) in [6.45, 7) is 15.1. The molecule has 1 aliphatic rings. The molecular weight excluding hydrogens is 384 g/mol. The highest BCUT2D eigenvalue weighted by molar-refractivity contribution is 5.80. The standard InChI is InChI=1S/C22H42N4O4/c1-8-23-20(25-17-12-10-16(11-13-17)19(27)29-9-2)24-14-18(15(3)4)26-21(28)30-22(5,6)7/h15-18H,8-14H2,1-7H3,(H,26,28)(H2,23,24,25). The summed E-state index contributed by atoms with van der Waals surface area (Å²) >= 11 is 0. The van der Waals surface area contributed by atoms with E-state index in [1.165, 1.54) is 0 Å². The molecule has 1 rings (SSSR count). The fraction of sp³-hybridized carbons (Fsp3) is 0.864. The minimum Gasteiger partial charge on any atom is -0.466 e. The van der Waals surface area contributed by atoms with E-state index in [1.807, 2.05) is 34.6 Å². The van der Waals surface area contributed by atoms with E-state index >= 15 is 0 Å². The van der Waals surface area contributed by atoms with Gasteiger partial charge in [-0.15, -0.1) is 0 Å². The zero-order chi connectivity index (χ0) is 22.7. The van der Waals surface area contributed by atoms with Gasteiger partial charge in [-0.1, -0.05) is 13.8 Å². The summed E-state index contributed by atoms with van der Waals surface area (Å²) < 4.78 is 10.5. The van der Waals surface area contributed by atoms with Crippen LogP contribution in [0.3, 0.4) is 0 Å². The van der Waals surface area contributed by atoms with E-state index < -0.39 is 11.7 Å². The molecule has 174 valence electrons. The molecule has 0 aromatic carbocycles. The predicted octanol–water partition coefficient (Wildman–Crippen LogP) is 3.21. The number of aliphatic imine (C=N–C) groups is 1. The number of guanidine groups is 1. The van der Waals surface area contributed by atoms with E-state index in [9.17, 15) is 9.59 Å². The molecular formula is C22H42N4O4. The van der Waals surface area contributed by atoms with E-state index in [1.54, 1.807) is 0 Å². The maximum absolute atomic E-state index is 12.1. The van der Waals surface area contributed by atoms with Gasteiger partial charge in [-0.3, -0.25) is 9.79 Å². The van der Waals surface area contributed by atoms with Crippen LogP contribution in [0.2, 0.25) is 0 Å². The largest absolute Gasteiger partial charge is 0.466 e. The number of nitrogens with zero attached hydrogens (tertiary/aromatic N) is 1. The number of carbonyl (C=O) groups excluding carboxylic acids is 2. The molecule has 0 heterocycles. The molecule has 1 unspecified atom stereocenters. The van der Waals surface area contributed by atoms with Gasteiger partial charge in [0.1, 0.15) is 5.60 Å². The van der Waals surface area contributed by atoms with Crippen LogP contribution in [0.15, 0.2) is 4.99 Å². The molecule has 1 saturated carbocycles. The lowest BCUT2D eigenvalue weighted by Crippen LogP contribution is -2.47. The van der Waals surface area contributed by atoms with Gasteiger partial charge >= 0.3 is 12.1 Å². The Morgan fingerprint density at radius 3 is 2.23 bits per heavy atom. The Bertz CT molecular complexity index is 564. The van der Waals surface area contributed by atoms with Crippen LogP contribution in [0, 0.1) is 11.8 Å². The third-order valence-electron chi connectivity index (χ3n) is 4.99. The molecule has 3 N–H and O–H groups in total. The number of ether oxygens (including phenoxy) is 2. The molecule has 0 aliphatic heterocycles. The number of hydrogen-bond acceptors (Lipinski definition) is 5. The van der Waals surface area contributed by atoms with Gasteiger partial charge < -0.3 is 25.4 Å². The lowest BCUT2D eigenvalue weighted by molar-refractivity contribution is -0.149. The third-order valence-corrected chi connectivity index (χ3v) is 4.99. The maximum atomic E-state index is 12.1. The predicted molar refractivity (Wildman–Crippen MR) is 119 cm³/mol. The highest BCUT2D eigenvalue weighted by Crippen LogP contribution is 2.25. The van der Waals surface area contributed by atoms with Crippen molar-refractivity contribution in [1.29, 1.82) is 0 Å². The molecule has 0 spiro atoms. The number of nitrogens with one attached hydrogen (secondary N) is 3. The van der Waals surface area contributed by atoms with Gasteiger partial charge in [-0.05, 0) is 66.2 Å². The molecule has 1 atom stereocenters. The first-order valence-electron chi connectivity index (χ1n) is 11.3. The van der Waals surface area contributed by atoms with Gasteiger partial charge in [0.05, 0.1) is 25.1 Å². The lowest BCUT2D eigenvalue weighted by atomic mass is 9.86. The zero-order valence-electron chi connectivity index (χ0n) is 19.8. The molecule has 8 heteroatoms. The Morgan fingerprint density at radius 1 is 1.10 bits per heavy atom.